The van der Waals surface area contributed by atoms with Gasteiger partial charge in [-0.15, -0.1) is 5.10 Å². The van der Waals surface area contributed by atoms with E-state index < -0.39 is 47.5 Å². The first-order chi connectivity index (χ1) is 13.4. The lowest BCUT2D eigenvalue weighted by Crippen LogP contribution is -2.60. The summed E-state index contributed by atoms with van der Waals surface area (Å²) >= 11 is 0. The van der Waals surface area contributed by atoms with Crippen molar-refractivity contribution in [1.29, 1.82) is 0 Å². The molecule has 2 atom stereocenters. The molecule has 1 amide bonds. The number of amides is 1. The van der Waals surface area contributed by atoms with Gasteiger partial charge in [-0.25, -0.2) is 4.68 Å². The van der Waals surface area contributed by atoms with Gasteiger partial charge in [-0.2, -0.15) is 4.98 Å². The highest BCUT2D eigenvalue weighted by Gasteiger charge is 2.69. The Hall–Kier alpha value is -2.15. The standard InChI is InChI=1S/C16H22N4O9/c17-10(21)11-18-8(4-7-14(24)5-2-1-3-6-14)19-20(11)13-16(27,28)15(25,26)9(29-13)12(22)23/h9,12-13,22-28H,1-3,5-6H2,(H2,17,21)/t9-,13-/m1/s1. The Labute approximate surface area is 164 Å². The van der Waals surface area contributed by atoms with Crippen molar-refractivity contribution in [2.24, 2.45) is 5.73 Å². The molecule has 1 saturated carbocycles. The van der Waals surface area contributed by atoms with E-state index in [0.29, 0.717) is 17.5 Å². The number of aromatic nitrogens is 3. The zero-order valence-corrected chi connectivity index (χ0v) is 15.1. The van der Waals surface area contributed by atoms with Crippen LogP contribution in [-0.2, 0) is 4.74 Å². The molecule has 1 aliphatic carbocycles. The van der Waals surface area contributed by atoms with Crippen LogP contribution in [0.15, 0.2) is 0 Å². The lowest BCUT2D eigenvalue weighted by Gasteiger charge is -2.31. The van der Waals surface area contributed by atoms with E-state index in [1.807, 2.05) is 0 Å². The Balaban J connectivity index is 1.99. The van der Waals surface area contributed by atoms with Crippen LogP contribution in [0.1, 0.15) is 54.8 Å². The third kappa shape index (κ3) is 3.72. The topological polar surface area (TPSA) is 225 Å². The average Bonchev–Trinajstić information content (AvgIpc) is 3.11. The van der Waals surface area contributed by atoms with Crippen LogP contribution in [-0.4, -0.2) is 86.0 Å². The minimum Gasteiger partial charge on any atom is -0.378 e. The van der Waals surface area contributed by atoms with Crippen LogP contribution in [0.25, 0.3) is 0 Å². The summed E-state index contributed by atoms with van der Waals surface area (Å²) in [4.78, 5) is 15.5. The maximum atomic E-state index is 11.7. The van der Waals surface area contributed by atoms with Crippen molar-refractivity contribution in [3.05, 3.63) is 11.6 Å². The average molecular weight is 414 g/mol. The van der Waals surface area contributed by atoms with Gasteiger partial charge in [0.05, 0.1) is 0 Å². The van der Waals surface area contributed by atoms with Gasteiger partial charge in [-0.05, 0) is 31.6 Å². The molecule has 2 aliphatic rings. The Morgan fingerprint density at radius 3 is 2.28 bits per heavy atom. The van der Waals surface area contributed by atoms with Crippen LogP contribution in [0.5, 0.6) is 0 Å². The number of nitrogens with two attached hydrogens (primary N) is 1. The molecule has 0 aromatic carbocycles. The maximum absolute atomic E-state index is 11.7. The first kappa shape index (κ1) is 21.6. The maximum Gasteiger partial charge on any atom is 0.286 e. The van der Waals surface area contributed by atoms with Gasteiger partial charge < -0.3 is 46.2 Å². The summed E-state index contributed by atoms with van der Waals surface area (Å²) in [5.41, 5.74) is 3.95. The normalized spacial score (nSPS) is 27.4. The molecule has 9 N–H and O–H groups in total. The van der Waals surface area contributed by atoms with Crippen LogP contribution in [0.3, 0.4) is 0 Å². The van der Waals surface area contributed by atoms with Crippen LogP contribution >= 0.6 is 0 Å². The number of carbonyl (C=O) groups excluding carboxylic acids is 1. The quantitative estimate of drug-likeness (QED) is 0.176. The summed E-state index contributed by atoms with van der Waals surface area (Å²) in [6.07, 6.45) is -3.58. The summed E-state index contributed by atoms with van der Waals surface area (Å²) in [7, 11) is 0. The largest absolute Gasteiger partial charge is 0.378 e. The molecular formula is C16H22N4O9. The third-order valence-corrected chi connectivity index (χ3v) is 4.99. The molecule has 1 aromatic rings. The van der Waals surface area contributed by atoms with Crippen molar-refractivity contribution in [2.75, 3.05) is 0 Å². The summed E-state index contributed by atoms with van der Waals surface area (Å²) in [5.74, 6) is -4.17. The van der Waals surface area contributed by atoms with Gasteiger partial charge >= 0.3 is 0 Å². The highest BCUT2D eigenvalue weighted by molar-refractivity contribution is 5.89. The minimum absolute atomic E-state index is 0.327. The van der Waals surface area contributed by atoms with Crippen molar-refractivity contribution in [3.63, 3.8) is 0 Å². The summed E-state index contributed by atoms with van der Waals surface area (Å²) in [6.45, 7) is 0. The predicted octanol–water partition coefficient (Wildman–Crippen LogP) is -4.01. The van der Waals surface area contributed by atoms with Gasteiger partial charge in [0.25, 0.3) is 17.5 Å². The van der Waals surface area contributed by atoms with Crippen LogP contribution in [0.4, 0.5) is 0 Å². The van der Waals surface area contributed by atoms with E-state index in [2.05, 4.69) is 21.9 Å². The Morgan fingerprint density at radius 2 is 1.76 bits per heavy atom. The molecule has 0 bridgehead atoms. The summed E-state index contributed by atoms with van der Waals surface area (Å²) < 4.78 is 5.36. The van der Waals surface area contributed by atoms with Crippen molar-refractivity contribution in [1.82, 2.24) is 14.8 Å². The van der Waals surface area contributed by atoms with E-state index in [1.165, 1.54) is 0 Å². The SMILES string of the molecule is NC(=O)c1nc(C#CC2(O)CCCCC2)nn1[C@@H]1O[C@H](C(O)O)C(O)(O)C1(O)O. The number of aliphatic hydroxyl groups is 7. The number of hydrogen-bond donors (Lipinski definition) is 8. The molecule has 29 heavy (non-hydrogen) atoms. The highest BCUT2D eigenvalue weighted by Crippen LogP contribution is 2.43. The zero-order valence-electron chi connectivity index (χ0n) is 15.1. The number of carbonyl (C=O) groups is 1. The third-order valence-electron chi connectivity index (χ3n) is 4.99. The second-order valence-electron chi connectivity index (χ2n) is 7.19. The fraction of sp³-hybridized carbons (Fsp3) is 0.688. The molecule has 0 unspecified atom stereocenters. The number of ether oxygens (including phenoxy) is 1. The lowest BCUT2D eigenvalue weighted by molar-refractivity contribution is -0.363. The summed E-state index contributed by atoms with van der Waals surface area (Å²) in [6, 6.07) is 0. The molecule has 1 aromatic heterocycles. The van der Waals surface area contributed by atoms with Crippen molar-refractivity contribution < 1.29 is 45.3 Å². The Bertz CT molecular complexity index is 848. The zero-order chi connectivity index (χ0) is 21.6. The van der Waals surface area contributed by atoms with Gasteiger partial charge in [0.1, 0.15) is 5.60 Å². The molecule has 160 valence electrons. The number of primary amides is 1. The number of aliphatic hydroxyl groups excluding tert-OH is 1. The first-order valence-corrected chi connectivity index (χ1v) is 8.82. The van der Waals surface area contributed by atoms with E-state index in [9.17, 15) is 40.5 Å². The van der Waals surface area contributed by atoms with Crippen LogP contribution in [0, 0.1) is 11.8 Å². The van der Waals surface area contributed by atoms with Crippen LogP contribution in [0.2, 0.25) is 0 Å². The Kier molecular flexibility index (Phi) is 5.41. The second kappa shape index (κ2) is 7.27. The van der Waals surface area contributed by atoms with E-state index in [0.717, 1.165) is 19.3 Å². The van der Waals surface area contributed by atoms with Gasteiger partial charge in [-0.3, -0.25) is 4.79 Å². The second-order valence-corrected chi connectivity index (χ2v) is 7.19. The lowest BCUT2D eigenvalue weighted by atomic mass is 9.85. The molecule has 0 radical (unpaired) electrons. The van der Waals surface area contributed by atoms with Crippen molar-refractivity contribution in [3.8, 4) is 11.8 Å². The molecule has 1 saturated heterocycles. The molecule has 2 fully saturated rings. The number of hydrogen-bond acceptors (Lipinski definition) is 11. The Morgan fingerprint density at radius 1 is 1.14 bits per heavy atom. The van der Waals surface area contributed by atoms with Gasteiger partial charge in [0.2, 0.25) is 17.9 Å². The molecular weight excluding hydrogens is 392 g/mol. The van der Waals surface area contributed by atoms with Crippen molar-refractivity contribution >= 4 is 5.91 Å². The fourth-order valence-corrected chi connectivity index (χ4v) is 3.37. The molecule has 2 heterocycles. The first-order valence-electron chi connectivity index (χ1n) is 8.82. The smallest absolute Gasteiger partial charge is 0.286 e. The van der Waals surface area contributed by atoms with E-state index in [-0.39, 0.29) is 5.82 Å². The molecule has 1 aliphatic heterocycles. The van der Waals surface area contributed by atoms with Crippen LogP contribution < -0.4 is 5.73 Å². The molecule has 13 nitrogen and oxygen atoms in total. The fourth-order valence-electron chi connectivity index (χ4n) is 3.37. The van der Waals surface area contributed by atoms with E-state index in [4.69, 9.17) is 10.5 Å². The van der Waals surface area contributed by atoms with Gasteiger partial charge in [0, 0.05) is 0 Å². The molecule has 3 rings (SSSR count). The molecule has 13 heteroatoms. The van der Waals surface area contributed by atoms with E-state index in [1.54, 1.807) is 0 Å². The minimum atomic E-state index is -3.55. The van der Waals surface area contributed by atoms with Gasteiger partial charge in [-0.1, -0.05) is 12.3 Å². The van der Waals surface area contributed by atoms with Gasteiger partial charge in [0.15, 0.2) is 12.4 Å². The molecule has 0 spiro atoms. The highest BCUT2D eigenvalue weighted by atomic mass is 16.7. The monoisotopic (exact) mass is 414 g/mol. The van der Waals surface area contributed by atoms with Crippen molar-refractivity contribution in [2.45, 2.75) is 67.9 Å². The summed E-state index contributed by atoms with van der Waals surface area (Å²) in [5, 5.41) is 72.7. The van der Waals surface area contributed by atoms with E-state index >= 15 is 0 Å². The number of nitrogens with zero attached hydrogens (tertiary/aromatic N) is 3. The number of rotatable bonds is 3. The predicted molar refractivity (Wildman–Crippen MR) is 89.9 cm³/mol.